The van der Waals surface area contributed by atoms with E-state index in [2.05, 4.69) is 9.97 Å². The third kappa shape index (κ3) is 2.14. The van der Waals surface area contributed by atoms with E-state index in [1.54, 1.807) is 12.1 Å². The first-order valence-corrected chi connectivity index (χ1v) is 5.65. The average molecular weight is 274 g/mol. The van der Waals surface area contributed by atoms with Gasteiger partial charge in [0, 0.05) is 11.3 Å². The Labute approximate surface area is 108 Å². The van der Waals surface area contributed by atoms with Crippen LogP contribution in [0.15, 0.2) is 24.5 Å². The fraction of sp³-hybridized carbons (Fsp3) is 0.0909. The minimum absolute atomic E-state index is 0.345. The Bertz CT molecular complexity index is 541. The monoisotopic (exact) mass is 272 g/mol. The third-order valence-electron chi connectivity index (χ3n) is 2.11. The molecule has 82 valence electrons. The van der Waals surface area contributed by atoms with E-state index in [4.69, 9.17) is 34.8 Å². The van der Waals surface area contributed by atoms with Crippen LogP contribution in [0.1, 0.15) is 5.69 Å². The van der Waals surface area contributed by atoms with Gasteiger partial charge in [0.2, 0.25) is 0 Å². The van der Waals surface area contributed by atoms with Gasteiger partial charge in [-0.1, -0.05) is 34.8 Å². The van der Waals surface area contributed by atoms with E-state index in [0.717, 1.165) is 17.0 Å². The van der Waals surface area contributed by atoms with Crippen molar-refractivity contribution in [1.29, 1.82) is 0 Å². The lowest BCUT2D eigenvalue weighted by atomic mass is 10.1. The summed E-state index contributed by atoms with van der Waals surface area (Å²) in [6.45, 7) is 1.89. The lowest BCUT2D eigenvalue weighted by Crippen LogP contribution is -1.89. The zero-order chi connectivity index (χ0) is 11.7. The Balaban J connectivity index is 2.61. The molecule has 0 saturated carbocycles. The second-order valence-electron chi connectivity index (χ2n) is 3.27. The second-order valence-corrected chi connectivity index (χ2v) is 4.43. The molecule has 0 amide bonds. The van der Waals surface area contributed by atoms with Gasteiger partial charge in [-0.2, -0.15) is 0 Å². The Morgan fingerprint density at radius 2 is 1.75 bits per heavy atom. The van der Waals surface area contributed by atoms with E-state index >= 15 is 0 Å². The molecule has 0 unspecified atom stereocenters. The molecule has 2 rings (SSSR count). The highest BCUT2D eigenvalue weighted by Crippen LogP contribution is 2.37. The summed E-state index contributed by atoms with van der Waals surface area (Å²) in [6, 6.07) is 5.33. The van der Waals surface area contributed by atoms with E-state index < -0.39 is 0 Å². The molecule has 0 fully saturated rings. The normalized spacial score (nSPS) is 10.5. The van der Waals surface area contributed by atoms with Gasteiger partial charge in [0.25, 0.3) is 0 Å². The van der Waals surface area contributed by atoms with Crippen molar-refractivity contribution in [1.82, 2.24) is 9.97 Å². The minimum atomic E-state index is 0.345. The van der Waals surface area contributed by atoms with Gasteiger partial charge in [-0.15, -0.1) is 0 Å². The first-order chi connectivity index (χ1) is 7.59. The largest absolute Gasteiger partial charge is 0.242 e. The van der Waals surface area contributed by atoms with Crippen LogP contribution >= 0.6 is 34.8 Å². The molecule has 2 aromatic rings. The van der Waals surface area contributed by atoms with Gasteiger partial charge in [0.05, 0.1) is 20.8 Å². The number of benzene rings is 1. The first kappa shape index (κ1) is 11.6. The van der Waals surface area contributed by atoms with Crippen LogP contribution in [0.5, 0.6) is 0 Å². The van der Waals surface area contributed by atoms with Gasteiger partial charge in [-0.05, 0) is 25.1 Å². The predicted molar refractivity (Wildman–Crippen MR) is 67.2 cm³/mol. The van der Waals surface area contributed by atoms with Crippen molar-refractivity contribution >= 4 is 34.8 Å². The fourth-order valence-electron chi connectivity index (χ4n) is 1.33. The molecule has 5 heteroatoms. The number of aryl methyl sites for hydroxylation is 1. The molecule has 1 aromatic heterocycles. The molecular formula is C11H7Cl3N2. The van der Waals surface area contributed by atoms with Gasteiger partial charge >= 0.3 is 0 Å². The zero-order valence-corrected chi connectivity index (χ0v) is 10.6. The standard InChI is InChI=1S/C11H7Cl3N2/c1-6-4-9(16-5-15-6)7-2-3-8(12)11(14)10(7)13/h2-5H,1H3. The molecule has 0 aliphatic carbocycles. The molecule has 0 aliphatic heterocycles. The molecule has 0 bridgehead atoms. The summed E-state index contributed by atoms with van der Waals surface area (Å²) in [5.41, 5.74) is 2.35. The second kappa shape index (κ2) is 4.58. The molecule has 16 heavy (non-hydrogen) atoms. The van der Waals surface area contributed by atoms with Crippen LogP contribution in [0.25, 0.3) is 11.3 Å². The number of aromatic nitrogens is 2. The Morgan fingerprint density at radius 3 is 2.44 bits per heavy atom. The van der Waals surface area contributed by atoms with Crippen molar-refractivity contribution in [3.05, 3.63) is 45.3 Å². The maximum absolute atomic E-state index is 6.11. The SMILES string of the molecule is Cc1cc(-c2ccc(Cl)c(Cl)c2Cl)ncn1. The molecule has 0 radical (unpaired) electrons. The lowest BCUT2D eigenvalue weighted by molar-refractivity contribution is 1.11. The van der Waals surface area contributed by atoms with Crippen molar-refractivity contribution in [3.63, 3.8) is 0 Å². The first-order valence-electron chi connectivity index (χ1n) is 4.52. The quantitative estimate of drug-likeness (QED) is 0.719. The van der Waals surface area contributed by atoms with Crippen LogP contribution in [-0.2, 0) is 0 Å². The highest BCUT2D eigenvalue weighted by atomic mass is 35.5. The van der Waals surface area contributed by atoms with Crippen molar-refractivity contribution in [2.24, 2.45) is 0 Å². The van der Waals surface area contributed by atoms with Gasteiger partial charge in [-0.3, -0.25) is 0 Å². The number of nitrogens with zero attached hydrogens (tertiary/aromatic N) is 2. The molecule has 0 atom stereocenters. The maximum atomic E-state index is 6.11. The van der Waals surface area contributed by atoms with Gasteiger partial charge in [-0.25, -0.2) is 9.97 Å². The van der Waals surface area contributed by atoms with Crippen LogP contribution in [0, 0.1) is 6.92 Å². The van der Waals surface area contributed by atoms with E-state index in [-0.39, 0.29) is 0 Å². The molecule has 2 nitrogen and oxygen atoms in total. The van der Waals surface area contributed by atoms with E-state index in [1.807, 2.05) is 13.0 Å². The Morgan fingerprint density at radius 1 is 1.00 bits per heavy atom. The Kier molecular flexibility index (Phi) is 3.33. The summed E-state index contributed by atoms with van der Waals surface area (Å²) in [5.74, 6) is 0. The number of hydrogen-bond acceptors (Lipinski definition) is 2. The summed E-state index contributed by atoms with van der Waals surface area (Å²) >= 11 is 17.9. The van der Waals surface area contributed by atoms with Gasteiger partial charge in [0.15, 0.2) is 0 Å². The molecule has 1 heterocycles. The molecule has 0 N–H and O–H groups in total. The van der Waals surface area contributed by atoms with Crippen LogP contribution in [0.2, 0.25) is 15.1 Å². The number of rotatable bonds is 1. The maximum Gasteiger partial charge on any atom is 0.116 e. The minimum Gasteiger partial charge on any atom is -0.242 e. The predicted octanol–water partition coefficient (Wildman–Crippen LogP) is 4.41. The van der Waals surface area contributed by atoms with Crippen LogP contribution in [0.4, 0.5) is 0 Å². The Hall–Kier alpha value is -0.830. The lowest BCUT2D eigenvalue weighted by Gasteiger charge is -2.06. The molecule has 0 saturated heterocycles. The van der Waals surface area contributed by atoms with Gasteiger partial charge < -0.3 is 0 Å². The summed E-state index contributed by atoms with van der Waals surface area (Å²) < 4.78 is 0. The zero-order valence-electron chi connectivity index (χ0n) is 8.34. The van der Waals surface area contributed by atoms with E-state index in [9.17, 15) is 0 Å². The average Bonchev–Trinajstić information content (AvgIpc) is 2.26. The van der Waals surface area contributed by atoms with Crippen LogP contribution in [0.3, 0.4) is 0 Å². The van der Waals surface area contributed by atoms with Crippen LogP contribution < -0.4 is 0 Å². The fourth-order valence-corrected chi connectivity index (χ4v) is 1.96. The van der Waals surface area contributed by atoms with Crippen molar-refractivity contribution in [2.75, 3.05) is 0 Å². The smallest absolute Gasteiger partial charge is 0.116 e. The highest BCUT2D eigenvalue weighted by Gasteiger charge is 2.11. The number of halogens is 3. The highest BCUT2D eigenvalue weighted by molar-refractivity contribution is 6.49. The number of hydrogen-bond donors (Lipinski definition) is 0. The van der Waals surface area contributed by atoms with Crippen LogP contribution in [-0.4, -0.2) is 9.97 Å². The summed E-state index contributed by atoms with van der Waals surface area (Å²) in [6.07, 6.45) is 1.49. The van der Waals surface area contributed by atoms with E-state index in [0.29, 0.717) is 15.1 Å². The summed E-state index contributed by atoms with van der Waals surface area (Å²) in [5, 5.41) is 1.19. The van der Waals surface area contributed by atoms with Crippen molar-refractivity contribution in [3.8, 4) is 11.3 Å². The molecule has 0 aliphatic rings. The molecule has 1 aromatic carbocycles. The van der Waals surface area contributed by atoms with Crippen molar-refractivity contribution < 1.29 is 0 Å². The van der Waals surface area contributed by atoms with E-state index in [1.165, 1.54) is 6.33 Å². The summed E-state index contributed by atoms with van der Waals surface area (Å²) in [7, 11) is 0. The third-order valence-corrected chi connectivity index (χ3v) is 3.41. The molecule has 0 spiro atoms. The topological polar surface area (TPSA) is 25.8 Å². The summed E-state index contributed by atoms with van der Waals surface area (Å²) in [4.78, 5) is 8.17. The van der Waals surface area contributed by atoms with Crippen molar-refractivity contribution in [2.45, 2.75) is 6.92 Å². The van der Waals surface area contributed by atoms with Gasteiger partial charge in [0.1, 0.15) is 6.33 Å². The molecular weight excluding hydrogens is 266 g/mol.